The zero-order chi connectivity index (χ0) is 18.5. The third-order valence-electron chi connectivity index (χ3n) is 5.62. The highest BCUT2D eigenvalue weighted by Crippen LogP contribution is 2.26. The summed E-state index contributed by atoms with van der Waals surface area (Å²) in [5, 5.41) is 3.15. The van der Waals surface area contributed by atoms with Crippen LogP contribution in [0.15, 0.2) is 48.9 Å². The lowest BCUT2D eigenvalue weighted by Gasteiger charge is -2.40. The van der Waals surface area contributed by atoms with E-state index >= 15 is 0 Å². The Morgan fingerprint density at radius 3 is 2.67 bits per heavy atom. The van der Waals surface area contributed by atoms with Crippen LogP contribution in [0.4, 0.5) is 4.79 Å². The zero-order valence-corrected chi connectivity index (χ0v) is 15.6. The molecule has 2 aliphatic heterocycles. The summed E-state index contributed by atoms with van der Waals surface area (Å²) in [7, 11) is 0. The van der Waals surface area contributed by atoms with Gasteiger partial charge in [0.15, 0.2) is 0 Å². The van der Waals surface area contributed by atoms with Gasteiger partial charge in [0.05, 0.1) is 6.04 Å². The number of pyridine rings is 2. The van der Waals surface area contributed by atoms with E-state index in [0.29, 0.717) is 12.5 Å². The fourth-order valence-corrected chi connectivity index (χ4v) is 4.01. The topological polar surface area (TPSA) is 61.4 Å². The molecule has 6 heteroatoms. The Morgan fingerprint density at radius 1 is 1.11 bits per heavy atom. The van der Waals surface area contributed by atoms with E-state index in [2.05, 4.69) is 26.3 Å². The van der Waals surface area contributed by atoms with Gasteiger partial charge in [0.1, 0.15) is 0 Å². The van der Waals surface area contributed by atoms with Crippen LogP contribution in [-0.4, -0.2) is 58.5 Å². The number of likely N-dealkylation sites (tertiary alicyclic amines) is 2. The number of carbonyl (C=O) groups excluding carboxylic acids is 1. The van der Waals surface area contributed by atoms with Crippen molar-refractivity contribution in [2.75, 3.05) is 32.7 Å². The third kappa shape index (κ3) is 4.27. The first-order valence-corrected chi connectivity index (χ1v) is 9.89. The fourth-order valence-electron chi connectivity index (χ4n) is 4.01. The molecule has 2 fully saturated rings. The predicted octanol–water partition coefficient (Wildman–Crippen LogP) is 2.81. The standard InChI is InChI=1S/C21H27N5O/c27-21(26-15-18(16-26)19-8-2-3-10-23-19)24-14-20(17-7-6-9-22-13-17)25-11-4-1-5-12-25/h2-3,6-10,13,18,20H,1,4-5,11-12,14-16H2,(H,24,27). The van der Waals surface area contributed by atoms with E-state index in [1.807, 2.05) is 41.6 Å². The first-order valence-electron chi connectivity index (χ1n) is 9.89. The van der Waals surface area contributed by atoms with Crippen molar-refractivity contribution in [1.29, 1.82) is 0 Å². The second-order valence-corrected chi connectivity index (χ2v) is 7.44. The van der Waals surface area contributed by atoms with E-state index in [9.17, 15) is 4.79 Å². The maximum atomic E-state index is 12.6. The van der Waals surface area contributed by atoms with Crippen LogP contribution < -0.4 is 5.32 Å². The lowest BCUT2D eigenvalue weighted by molar-refractivity contribution is 0.136. The van der Waals surface area contributed by atoms with Crippen LogP contribution in [0.3, 0.4) is 0 Å². The number of piperidine rings is 1. The van der Waals surface area contributed by atoms with Crippen molar-refractivity contribution in [3.05, 3.63) is 60.2 Å². The Bertz CT molecular complexity index is 727. The van der Waals surface area contributed by atoms with E-state index in [4.69, 9.17) is 0 Å². The highest BCUT2D eigenvalue weighted by atomic mass is 16.2. The van der Waals surface area contributed by atoms with Crippen LogP contribution in [0.1, 0.15) is 42.5 Å². The quantitative estimate of drug-likeness (QED) is 0.885. The first-order chi connectivity index (χ1) is 13.3. The van der Waals surface area contributed by atoms with Gasteiger partial charge in [0, 0.05) is 49.8 Å². The SMILES string of the molecule is O=C(NCC(c1cccnc1)N1CCCCC1)N1CC(c2ccccn2)C1. The maximum absolute atomic E-state index is 12.6. The second kappa shape index (κ2) is 8.48. The summed E-state index contributed by atoms with van der Waals surface area (Å²) in [6, 6.07) is 10.3. The van der Waals surface area contributed by atoms with Gasteiger partial charge >= 0.3 is 6.03 Å². The lowest BCUT2D eigenvalue weighted by atomic mass is 9.96. The molecular formula is C21H27N5O. The minimum atomic E-state index is 0.0214. The second-order valence-electron chi connectivity index (χ2n) is 7.44. The molecule has 6 nitrogen and oxygen atoms in total. The highest BCUT2D eigenvalue weighted by Gasteiger charge is 2.33. The number of nitrogens with zero attached hydrogens (tertiary/aromatic N) is 4. The molecule has 0 saturated carbocycles. The van der Waals surface area contributed by atoms with E-state index in [-0.39, 0.29) is 12.1 Å². The molecule has 0 aromatic carbocycles. The van der Waals surface area contributed by atoms with Gasteiger partial charge in [0.2, 0.25) is 0 Å². The Hall–Kier alpha value is -2.47. The van der Waals surface area contributed by atoms with Crippen LogP contribution in [0.5, 0.6) is 0 Å². The number of rotatable bonds is 5. The van der Waals surface area contributed by atoms with Crippen molar-refractivity contribution in [3.63, 3.8) is 0 Å². The van der Waals surface area contributed by atoms with Gasteiger partial charge in [-0.05, 0) is 49.7 Å². The normalized spacial score (nSPS) is 19.3. The Kier molecular flexibility index (Phi) is 5.63. The summed E-state index contributed by atoms with van der Waals surface area (Å²) in [5.74, 6) is 0.355. The van der Waals surface area contributed by atoms with Crippen LogP contribution in [-0.2, 0) is 0 Å². The summed E-state index contributed by atoms with van der Waals surface area (Å²) < 4.78 is 0. The van der Waals surface area contributed by atoms with Crippen molar-refractivity contribution in [1.82, 2.24) is 25.1 Å². The Balaban J connectivity index is 1.33. The number of nitrogens with one attached hydrogen (secondary N) is 1. The minimum absolute atomic E-state index is 0.0214. The van der Waals surface area contributed by atoms with Crippen molar-refractivity contribution < 1.29 is 4.79 Å². The molecule has 142 valence electrons. The van der Waals surface area contributed by atoms with Crippen LogP contribution >= 0.6 is 0 Å². The summed E-state index contributed by atoms with van der Waals surface area (Å²) >= 11 is 0. The molecule has 0 radical (unpaired) electrons. The summed E-state index contributed by atoms with van der Waals surface area (Å²) in [4.78, 5) is 25.6. The minimum Gasteiger partial charge on any atom is -0.336 e. The smallest absolute Gasteiger partial charge is 0.317 e. The van der Waals surface area contributed by atoms with Crippen molar-refractivity contribution in [3.8, 4) is 0 Å². The molecule has 0 spiro atoms. The number of amides is 2. The lowest BCUT2D eigenvalue weighted by Crippen LogP contribution is -2.54. The molecule has 4 heterocycles. The molecule has 2 saturated heterocycles. The molecule has 2 aliphatic rings. The van der Waals surface area contributed by atoms with Gasteiger partial charge in [-0.15, -0.1) is 0 Å². The predicted molar refractivity (Wildman–Crippen MR) is 104 cm³/mol. The monoisotopic (exact) mass is 365 g/mol. The highest BCUT2D eigenvalue weighted by molar-refractivity contribution is 5.75. The summed E-state index contributed by atoms with van der Waals surface area (Å²) in [6.07, 6.45) is 9.28. The van der Waals surface area contributed by atoms with Gasteiger partial charge < -0.3 is 10.2 Å². The van der Waals surface area contributed by atoms with Gasteiger partial charge in [-0.1, -0.05) is 18.6 Å². The molecule has 1 N–H and O–H groups in total. The Labute approximate surface area is 160 Å². The zero-order valence-electron chi connectivity index (χ0n) is 15.6. The van der Waals surface area contributed by atoms with Crippen LogP contribution in [0.25, 0.3) is 0 Å². The molecule has 2 aromatic rings. The number of hydrogen-bond donors (Lipinski definition) is 1. The van der Waals surface area contributed by atoms with Crippen molar-refractivity contribution in [2.24, 2.45) is 0 Å². The number of urea groups is 1. The summed E-state index contributed by atoms with van der Waals surface area (Å²) in [5.41, 5.74) is 2.25. The van der Waals surface area contributed by atoms with E-state index < -0.39 is 0 Å². The van der Waals surface area contributed by atoms with Crippen molar-refractivity contribution >= 4 is 6.03 Å². The van der Waals surface area contributed by atoms with Crippen LogP contribution in [0.2, 0.25) is 0 Å². The molecule has 4 rings (SSSR count). The fraction of sp³-hybridized carbons (Fsp3) is 0.476. The first kappa shape index (κ1) is 17.9. The van der Waals surface area contributed by atoms with E-state index in [0.717, 1.165) is 31.9 Å². The maximum Gasteiger partial charge on any atom is 0.317 e. The van der Waals surface area contributed by atoms with Gasteiger partial charge in [-0.2, -0.15) is 0 Å². The van der Waals surface area contributed by atoms with Gasteiger partial charge in [-0.25, -0.2) is 4.79 Å². The summed E-state index contributed by atoms with van der Waals surface area (Å²) in [6.45, 7) is 4.27. The molecule has 0 aliphatic carbocycles. The average molecular weight is 365 g/mol. The van der Waals surface area contributed by atoms with Gasteiger partial charge in [0.25, 0.3) is 0 Å². The largest absolute Gasteiger partial charge is 0.336 e. The van der Waals surface area contributed by atoms with E-state index in [1.54, 1.807) is 6.20 Å². The number of hydrogen-bond acceptors (Lipinski definition) is 4. The number of aromatic nitrogens is 2. The van der Waals surface area contributed by atoms with Crippen LogP contribution in [0, 0.1) is 0 Å². The van der Waals surface area contributed by atoms with Crippen molar-refractivity contribution in [2.45, 2.75) is 31.2 Å². The van der Waals surface area contributed by atoms with Gasteiger partial charge in [-0.3, -0.25) is 14.9 Å². The molecular weight excluding hydrogens is 338 g/mol. The third-order valence-corrected chi connectivity index (χ3v) is 5.62. The number of carbonyl (C=O) groups is 1. The molecule has 0 bridgehead atoms. The molecule has 2 aromatic heterocycles. The molecule has 1 unspecified atom stereocenters. The molecule has 1 atom stereocenters. The Morgan fingerprint density at radius 2 is 1.96 bits per heavy atom. The molecule has 2 amide bonds. The molecule has 27 heavy (non-hydrogen) atoms. The average Bonchev–Trinajstić information content (AvgIpc) is 2.69. The van der Waals surface area contributed by atoms with E-state index in [1.165, 1.54) is 24.8 Å².